The third kappa shape index (κ3) is 73.9. The van der Waals surface area contributed by atoms with Crippen LogP contribution in [0.4, 0.5) is 0 Å². The predicted octanol–water partition coefficient (Wildman–Crippen LogP) is 24.0. The van der Waals surface area contributed by atoms with E-state index in [0.717, 1.165) is 161 Å². The Morgan fingerprint density at radius 1 is 0.337 bits per heavy atom. The molecular weight excluding hydrogens is 1160 g/mol. The molecule has 0 aliphatic heterocycles. The number of carbonyl (C=O) groups is 2. The largest absolute Gasteiger partial charge is 0.472 e. The number of nitrogens with zero attached hydrogens (tertiary/aromatic N) is 1. The average Bonchev–Trinajstić information content (AvgIpc) is 2.34. The minimum atomic E-state index is -4.41. The number of phosphoric acid groups is 1. The summed E-state index contributed by atoms with van der Waals surface area (Å²) < 4.78 is 34.7. The third-order valence-corrected chi connectivity index (χ3v) is 15.6. The molecule has 0 amide bonds. The first-order chi connectivity index (χ1) is 45.0. The topological polar surface area (TPSA) is 108 Å². The maximum absolute atomic E-state index is 12.9. The Balaban J connectivity index is 4.15. The molecule has 2 unspecified atom stereocenters. The molecule has 92 heavy (non-hydrogen) atoms. The molecule has 0 aliphatic rings. The van der Waals surface area contributed by atoms with Gasteiger partial charge in [-0.15, -0.1) is 0 Å². The molecule has 0 radical (unpaired) electrons. The summed E-state index contributed by atoms with van der Waals surface area (Å²) in [7, 11) is 1.44. The lowest BCUT2D eigenvalue weighted by Crippen LogP contribution is -2.37. The second kappa shape index (κ2) is 70.2. The second-order valence-corrected chi connectivity index (χ2v) is 26.0. The number of carbonyl (C=O) groups excluding carboxylic acids is 2. The molecule has 0 spiro atoms. The molecule has 0 aromatic rings. The van der Waals surface area contributed by atoms with Gasteiger partial charge in [0.15, 0.2) is 6.10 Å². The summed E-state index contributed by atoms with van der Waals surface area (Å²) in [4.78, 5) is 35.9. The first-order valence-electron chi connectivity index (χ1n) is 36.2. The fourth-order valence-corrected chi connectivity index (χ4v) is 9.91. The monoisotopic (exact) mass is 1290 g/mol. The Kier molecular flexibility index (Phi) is 66.2. The number of ether oxygens (including phenoxy) is 2. The van der Waals surface area contributed by atoms with E-state index in [0.29, 0.717) is 17.4 Å². The van der Waals surface area contributed by atoms with Crippen LogP contribution in [-0.4, -0.2) is 74.9 Å². The van der Waals surface area contributed by atoms with E-state index >= 15 is 0 Å². The zero-order valence-corrected chi connectivity index (χ0v) is 59.8. The van der Waals surface area contributed by atoms with Crippen LogP contribution in [0.3, 0.4) is 0 Å². The Morgan fingerprint density at radius 2 is 0.587 bits per heavy atom. The number of unbranched alkanes of at least 4 members (excludes halogenated alkanes) is 18. The van der Waals surface area contributed by atoms with E-state index in [-0.39, 0.29) is 32.0 Å². The van der Waals surface area contributed by atoms with Gasteiger partial charge in [-0.2, -0.15) is 0 Å². The summed E-state index contributed by atoms with van der Waals surface area (Å²) in [6, 6.07) is 0. The van der Waals surface area contributed by atoms with Crippen molar-refractivity contribution in [3.05, 3.63) is 194 Å². The van der Waals surface area contributed by atoms with E-state index in [2.05, 4.69) is 208 Å². The summed E-state index contributed by atoms with van der Waals surface area (Å²) in [6.07, 6.45) is 110. The second-order valence-electron chi connectivity index (χ2n) is 24.5. The molecule has 0 fully saturated rings. The van der Waals surface area contributed by atoms with Crippen LogP contribution >= 0.6 is 7.82 Å². The van der Waals surface area contributed by atoms with Crippen LogP contribution in [0.15, 0.2) is 194 Å². The third-order valence-electron chi connectivity index (χ3n) is 14.6. The van der Waals surface area contributed by atoms with Crippen LogP contribution < -0.4 is 0 Å². The van der Waals surface area contributed by atoms with E-state index in [4.69, 9.17) is 18.5 Å². The van der Waals surface area contributed by atoms with Gasteiger partial charge in [-0.05, 0) is 141 Å². The molecule has 0 rings (SSSR count). The lowest BCUT2D eigenvalue weighted by Gasteiger charge is -2.24. The van der Waals surface area contributed by atoms with E-state index in [9.17, 15) is 19.0 Å². The quantitative estimate of drug-likeness (QED) is 0.0211. The highest BCUT2D eigenvalue weighted by atomic mass is 31.2. The number of hydrogen-bond acceptors (Lipinski definition) is 7. The van der Waals surface area contributed by atoms with Crippen molar-refractivity contribution in [1.29, 1.82) is 0 Å². The van der Waals surface area contributed by atoms with Crippen LogP contribution in [0, 0.1) is 0 Å². The number of allylic oxidation sites excluding steroid dienone is 32. The zero-order chi connectivity index (χ0) is 66.9. The van der Waals surface area contributed by atoms with Crippen molar-refractivity contribution in [1.82, 2.24) is 0 Å². The fourth-order valence-electron chi connectivity index (χ4n) is 9.16. The van der Waals surface area contributed by atoms with Gasteiger partial charge in [-0.3, -0.25) is 18.6 Å². The van der Waals surface area contributed by atoms with E-state index in [1.165, 1.54) is 64.2 Å². The van der Waals surface area contributed by atoms with Gasteiger partial charge in [-0.25, -0.2) is 4.57 Å². The Bertz CT molecular complexity index is 2260. The molecule has 1 N–H and O–H groups in total. The summed E-state index contributed by atoms with van der Waals surface area (Å²) in [5.41, 5.74) is 0. The van der Waals surface area contributed by atoms with Crippen molar-refractivity contribution >= 4 is 19.8 Å². The molecule has 10 heteroatoms. The number of hydrogen-bond donors (Lipinski definition) is 1. The first kappa shape index (κ1) is 86.9. The lowest BCUT2D eigenvalue weighted by atomic mass is 10.1. The van der Waals surface area contributed by atoms with Gasteiger partial charge in [0, 0.05) is 12.8 Å². The van der Waals surface area contributed by atoms with Crippen LogP contribution in [0.25, 0.3) is 0 Å². The van der Waals surface area contributed by atoms with Gasteiger partial charge in [0.1, 0.15) is 19.8 Å². The highest BCUT2D eigenvalue weighted by Gasteiger charge is 2.27. The maximum atomic E-state index is 12.9. The SMILES string of the molecule is CC/C=C\C/C=C\C/C=C\C/C=C\C/C=C\C/C=C\C/C=C\C/C=C\C/C=C\CCCCCCCCCCCC(=O)OC(COC(=O)CCCCCCCCCCC/C=C\C/C=C\C/C=C\C/C=C\C/C=C\C/C=C\C/C=C\CC)COP(=O)(O)OCC[N+](C)(C)C. The number of likely N-dealkylation sites (N-methyl/N-ethyl adjacent to an activating group) is 1. The van der Waals surface area contributed by atoms with Gasteiger partial charge in [-0.1, -0.05) is 298 Å². The number of quaternary nitrogens is 1. The summed E-state index contributed by atoms with van der Waals surface area (Å²) in [5.74, 6) is -0.823. The molecule has 9 nitrogen and oxygen atoms in total. The standard InChI is InChI=1S/C82H132NO8P/c1-6-8-10-12-14-16-18-20-22-24-26-28-30-32-34-36-38-39-40-41-42-43-45-47-49-51-53-55-57-59-61-63-65-67-69-71-73-75-82(85)91-80(79-90-92(86,87)89-77-76-83(3,4)5)78-88-81(84)74-72-70-68-66-64-62-60-58-56-54-52-50-48-46-44-37-35-33-31-29-27-25-23-21-19-17-15-13-11-9-7-2/h8-11,14-17,20-23,26-29,32-35,38-39,41-42,44-47,50-53,80H,6-7,12-13,18-19,24-25,30-31,36-37,40,43,48-49,54-79H2,1-5H3/p+1/b10-8-,11-9-,16-14-,17-15-,22-20-,23-21-,28-26-,29-27-,34-32-,35-33-,39-38-,42-41-,46-44-,47-45-,52-50-,53-51-. The Labute approximate surface area is 564 Å². The minimum absolute atomic E-state index is 0.0191. The zero-order valence-electron chi connectivity index (χ0n) is 59.0. The van der Waals surface area contributed by atoms with Crippen LogP contribution in [-0.2, 0) is 32.7 Å². The van der Waals surface area contributed by atoms with E-state index in [1.54, 1.807) is 0 Å². The van der Waals surface area contributed by atoms with Crippen LogP contribution in [0.5, 0.6) is 0 Å². The average molecular weight is 1290 g/mol. The van der Waals surface area contributed by atoms with Gasteiger partial charge in [0.25, 0.3) is 0 Å². The molecule has 0 saturated carbocycles. The maximum Gasteiger partial charge on any atom is 0.472 e. The molecule has 0 saturated heterocycles. The summed E-state index contributed by atoms with van der Waals surface area (Å²) in [5, 5.41) is 0. The highest BCUT2D eigenvalue weighted by molar-refractivity contribution is 7.47. The minimum Gasteiger partial charge on any atom is -0.462 e. The van der Waals surface area contributed by atoms with Crippen LogP contribution in [0.2, 0.25) is 0 Å². The summed E-state index contributed by atoms with van der Waals surface area (Å²) in [6.45, 7) is 4.17. The fraction of sp³-hybridized carbons (Fsp3) is 0.585. The van der Waals surface area contributed by atoms with Crippen molar-refractivity contribution in [2.75, 3.05) is 47.5 Å². The van der Waals surface area contributed by atoms with Gasteiger partial charge >= 0.3 is 19.8 Å². The predicted molar refractivity (Wildman–Crippen MR) is 399 cm³/mol. The summed E-state index contributed by atoms with van der Waals surface area (Å²) >= 11 is 0. The number of esters is 2. The van der Waals surface area contributed by atoms with Crippen LogP contribution in [0.1, 0.15) is 258 Å². The Hall–Kier alpha value is -5.15. The van der Waals surface area contributed by atoms with E-state index in [1.807, 2.05) is 21.1 Å². The molecule has 0 aromatic heterocycles. The van der Waals surface area contributed by atoms with Crippen molar-refractivity contribution < 1.29 is 42.1 Å². The lowest BCUT2D eigenvalue weighted by molar-refractivity contribution is -0.870. The molecule has 0 aromatic carbocycles. The number of phosphoric ester groups is 1. The van der Waals surface area contributed by atoms with Gasteiger partial charge < -0.3 is 18.9 Å². The molecule has 0 heterocycles. The molecule has 518 valence electrons. The first-order valence-corrected chi connectivity index (χ1v) is 37.7. The van der Waals surface area contributed by atoms with Gasteiger partial charge in [0.2, 0.25) is 0 Å². The van der Waals surface area contributed by atoms with Crippen molar-refractivity contribution in [3.8, 4) is 0 Å². The molecule has 2 atom stereocenters. The van der Waals surface area contributed by atoms with E-state index < -0.39 is 26.5 Å². The molecule has 0 bridgehead atoms. The smallest absolute Gasteiger partial charge is 0.462 e. The highest BCUT2D eigenvalue weighted by Crippen LogP contribution is 2.43. The normalized spacial score (nSPS) is 14.3. The molecular formula is C82H133NO8P+. The molecule has 0 aliphatic carbocycles. The number of rotatable bonds is 64. The van der Waals surface area contributed by atoms with Crippen molar-refractivity contribution in [3.63, 3.8) is 0 Å². The van der Waals surface area contributed by atoms with Crippen molar-refractivity contribution in [2.24, 2.45) is 0 Å². The van der Waals surface area contributed by atoms with Gasteiger partial charge in [0.05, 0.1) is 27.7 Å². The van der Waals surface area contributed by atoms with Crippen molar-refractivity contribution in [2.45, 2.75) is 264 Å². The Morgan fingerprint density at radius 3 is 0.870 bits per heavy atom.